The summed E-state index contributed by atoms with van der Waals surface area (Å²) >= 11 is 5.92. The average molecular weight is 343 g/mol. The van der Waals surface area contributed by atoms with E-state index in [0.717, 1.165) is 0 Å². The standard InChI is InChI=1S/C17H11ClN2O4/c18-9-1-3-11-12(7-19-13(11)5-9)16(21)17(22)20-10-2-4-14-15(6-10)24-8-23-14/h1-7,19H,8H2,(H,20,22). The second-order valence-electron chi connectivity index (χ2n) is 5.24. The maximum absolute atomic E-state index is 12.4. The lowest BCUT2D eigenvalue weighted by atomic mass is 10.1. The molecule has 1 aromatic heterocycles. The van der Waals surface area contributed by atoms with Gasteiger partial charge in [-0.1, -0.05) is 17.7 Å². The molecule has 0 saturated heterocycles. The fraction of sp³-hybridized carbons (Fsp3) is 0.0588. The Morgan fingerprint density at radius 3 is 2.79 bits per heavy atom. The van der Waals surface area contributed by atoms with Gasteiger partial charge in [0, 0.05) is 33.9 Å². The number of hydrogen-bond donors (Lipinski definition) is 2. The van der Waals surface area contributed by atoms with E-state index in [1.54, 1.807) is 36.4 Å². The molecule has 3 aromatic rings. The van der Waals surface area contributed by atoms with Crippen LogP contribution in [0.25, 0.3) is 10.9 Å². The Kier molecular flexibility index (Phi) is 3.39. The average Bonchev–Trinajstić information content (AvgIpc) is 3.19. The van der Waals surface area contributed by atoms with Crippen molar-refractivity contribution in [1.82, 2.24) is 4.98 Å². The molecule has 1 aliphatic heterocycles. The lowest BCUT2D eigenvalue weighted by molar-refractivity contribution is -0.112. The minimum absolute atomic E-state index is 0.142. The predicted octanol–water partition coefficient (Wildman–Crippen LogP) is 3.37. The predicted molar refractivity (Wildman–Crippen MR) is 88.8 cm³/mol. The van der Waals surface area contributed by atoms with E-state index in [-0.39, 0.29) is 6.79 Å². The molecule has 0 aliphatic carbocycles. The van der Waals surface area contributed by atoms with Gasteiger partial charge in [0.25, 0.3) is 11.7 Å². The lowest BCUT2D eigenvalue weighted by Crippen LogP contribution is -2.22. The quantitative estimate of drug-likeness (QED) is 0.565. The van der Waals surface area contributed by atoms with Crippen molar-refractivity contribution < 1.29 is 19.1 Å². The second kappa shape index (κ2) is 5.58. The lowest BCUT2D eigenvalue weighted by Gasteiger charge is -2.05. The van der Waals surface area contributed by atoms with E-state index in [2.05, 4.69) is 10.3 Å². The van der Waals surface area contributed by atoms with Crippen LogP contribution < -0.4 is 14.8 Å². The summed E-state index contributed by atoms with van der Waals surface area (Å²) in [5, 5.41) is 3.76. The third kappa shape index (κ3) is 2.47. The number of ether oxygens (including phenoxy) is 2. The van der Waals surface area contributed by atoms with E-state index in [9.17, 15) is 9.59 Å². The molecule has 24 heavy (non-hydrogen) atoms. The number of carbonyl (C=O) groups is 2. The third-order valence-corrected chi connectivity index (χ3v) is 3.96. The van der Waals surface area contributed by atoms with Gasteiger partial charge in [-0.2, -0.15) is 0 Å². The summed E-state index contributed by atoms with van der Waals surface area (Å²) < 4.78 is 10.5. The van der Waals surface area contributed by atoms with Crippen molar-refractivity contribution in [3.8, 4) is 11.5 Å². The Hall–Kier alpha value is -2.99. The molecule has 6 nitrogen and oxygen atoms in total. The Morgan fingerprint density at radius 2 is 1.92 bits per heavy atom. The smallest absolute Gasteiger partial charge is 0.296 e. The van der Waals surface area contributed by atoms with Gasteiger partial charge in [-0.15, -0.1) is 0 Å². The highest BCUT2D eigenvalue weighted by Gasteiger charge is 2.21. The molecule has 0 unspecified atom stereocenters. The number of carbonyl (C=O) groups excluding carboxylic acids is 2. The van der Waals surface area contributed by atoms with E-state index in [4.69, 9.17) is 21.1 Å². The molecule has 4 rings (SSSR count). The number of benzene rings is 2. The summed E-state index contributed by atoms with van der Waals surface area (Å²) in [6, 6.07) is 10.0. The van der Waals surface area contributed by atoms with Crippen molar-refractivity contribution in [2.45, 2.75) is 0 Å². The number of rotatable bonds is 3. The highest BCUT2D eigenvalue weighted by Crippen LogP contribution is 2.34. The van der Waals surface area contributed by atoms with E-state index >= 15 is 0 Å². The summed E-state index contributed by atoms with van der Waals surface area (Å²) in [7, 11) is 0. The number of halogens is 1. The van der Waals surface area contributed by atoms with Crippen molar-refractivity contribution in [3.63, 3.8) is 0 Å². The van der Waals surface area contributed by atoms with Gasteiger partial charge in [-0.25, -0.2) is 0 Å². The number of aromatic nitrogens is 1. The number of Topliss-reactive ketones (excluding diaryl/α,β-unsaturated/α-hetero) is 1. The molecular weight excluding hydrogens is 332 g/mol. The zero-order valence-electron chi connectivity index (χ0n) is 12.3. The zero-order chi connectivity index (χ0) is 16.7. The van der Waals surface area contributed by atoms with Gasteiger partial charge in [0.05, 0.1) is 5.56 Å². The van der Waals surface area contributed by atoms with Crippen LogP contribution in [0.5, 0.6) is 11.5 Å². The first-order chi connectivity index (χ1) is 11.6. The number of H-pyrrole nitrogens is 1. The van der Waals surface area contributed by atoms with Crippen LogP contribution in [0.2, 0.25) is 5.02 Å². The van der Waals surface area contributed by atoms with Gasteiger partial charge >= 0.3 is 0 Å². The summed E-state index contributed by atoms with van der Waals surface area (Å²) in [6.07, 6.45) is 1.50. The van der Waals surface area contributed by atoms with Crippen LogP contribution in [0.4, 0.5) is 5.69 Å². The van der Waals surface area contributed by atoms with Gasteiger partial charge in [-0.05, 0) is 24.3 Å². The molecule has 2 heterocycles. The van der Waals surface area contributed by atoms with Crippen molar-refractivity contribution in [3.05, 3.63) is 53.2 Å². The molecule has 0 fully saturated rings. The van der Waals surface area contributed by atoms with Crippen molar-refractivity contribution in [1.29, 1.82) is 0 Å². The number of nitrogens with one attached hydrogen (secondary N) is 2. The van der Waals surface area contributed by atoms with Crippen molar-refractivity contribution in [2.24, 2.45) is 0 Å². The zero-order valence-corrected chi connectivity index (χ0v) is 13.0. The number of amides is 1. The molecular formula is C17H11ClN2O4. The number of anilines is 1. The molecule has 1 amide bonds. The Labute approximate surface area is 141 Å². The van der Waals surface area contributed by atoms with Crippen LogP contribution in [0.15, 0.2) is 42.6 Å². The molecule has 2 aromatic carbocycles. The van der Waals surface area contributed by atoms with Crippen LogP contribution in [0.1, 0.15) is 10.4 Å². The minimum Gasteiger partial charge on any atom is -0.454 e. The fourth-order valence-electron chi connectivity index (χ4n) is 2.57. The molecule has 0 bridgehead atoms. The van der Waals surface area contributed by atoms with Gasteiger partial charge in [-0.3, -0.25) is 9.59 Å². The first-order valence-electron chi connectivity index (χ1n) is 7.14. The fourth-order valence-corrected chi connectivity index (χ4v) is 2.74. The maximum Gasteiger partial charge on any atom is 0.296 e. The van der Waals surface area contributed by atoms with Gasteiger partial charge in [0.15, 0.2) is 11.5 Å². The van der Waals surface area contributed by atoms with Gasteiger partial charge < -0.3 is 19.8 Å². The first-order valence-corrected chi connectivity index (χ1v) is 7.51. The second-order valence-corrected chi connectivity index (χ2v) is 5.68. The summed E-state index contributed by atoms with van der Waals surface area (Å²) in [5.41, 5.74) is 1.45. The molecule has 0 radical (unpaired) electrons. The van der Waals surface area contributed by atoms with Crippen LogP contribution in [-0.2, 0) is 4.79 Å². The molecule has 0 atom stereocenters. The maximum atomic E-state index is 12.4. The summed E-state index contributed by atoms with van der Waals surface area (Å²) in [5.74, 6) is -0.235. The molecule has 0 spiro atoms. The molecule has 7 heteroatoms. The largest absolute Gasteiger partial charge is 0.454 e. The van der Waals surface area contributed by atoms with Crippen LogP contribution >= 0.6 is 11.6 Å². The van der Waals surface area contributed by atoms with Crippen LogP contribution in [0.3, 0.4) is 0 Å². The first kappa shape index (κ1) is 14.6. The Bertz CT molecular complexity index is 980. The number of hydrogen-bond acceptors (Lipinski definition) is 4. The number of ketones is 1. The molecule has 120 valence electrons. The van der Waals surface area contributed by atoms with E-state index < -0.39 is 11.7 Å². The summed E-state index contributed by atoms with van der Waals surface area (Å²) in [6.45, 7) is 0.142. The molecule has 2 N–H and O–H groups in total. The third-order valence-electron chi connectivity index (χ3n) is 3.73. The van der Waals surface area contributed by atoms with Crippen molar-refractivity contribution >= 4 is 39.9 Å². The Morgan fingerprint density at radius 1 is 1.08 bits per heavy atom. The van der Waals surface area contributed by atoms with Gasteiger partial charge in [0.2, 0.25) is 6.79 Å². The van der Waals surface area contributed by atoms with E-state index in [1.807, 2.05) is 0 Å². The number of fused-ring (bicyclic) bond motifs is 2. The SMILES string of the molecule is O=C(Nc1ccc2c(c1)OCO2)C(=O)c1c[nH]c2cc(Cl)ccc12. The van der Waals surface area contributed by atoms with Gasteiger partial charge in [0.1, 0.15) is 0 Å². The minimum atomic E-state index is -0.732. The van der Waals surface area contributed by atoms with E-state index in [1.165, 1.54) is 6.20 Å². The highest BCUT2D eigenvalue weighted by atomic mass is 35.5. The van der Waals surface area contributed by atoms with Crippen molar-refractivity contribution in [2.75, 3.05) is 12.1 Å². The molecule has 1 aliphatic rings. The highest BCUT2D eigenvalue weighted by molar-refractivity contribution is 6.48. The monoisotopic (exact) mass is 342 g/mol. The number of aromatic amines is 1. The topological polar surface area (TPSA) is 80.4 Å². The van der Waals surface area contributed by atoms with E-state index in [0.29, 0.717) is 38.7 Å². The normalized spacial score (nSPS) is 12.4. The Balaban J connectivity index is 1.58. The summed E-state index contributed by atoms with van der Waals surface area (Å²) in [4.78, 5) is 27.6. The van der Waals surface area contributed by atoms with Crippen LogP contribution in [-0.4, -0.2) is 23.5 Å². The van der Waals surface area contributed by atoms with Crippen LogP contribution in [0, 0.1) is 0 Å². The molecule has 0 saturated carbocycles.